The predicted octanol–water partition coefficient (Wildman–Crippen LogP) is 0.653. The highest BCUT2D eigenvalue weighted by Gasteiger charge is 2.16. The van der Waals surface area contributed by atoms with Gasteiger partial charge in [0.15, 0.2) is 0 Å². The number of esters is 1. The van der Waals surface area contributed by atoms with Gasteiger partial charge in [0, 0.05) is 0 Å². The van der Waals surface area contributed by atoms with Gasteiger partial charge in [-0.25, -0.2) is 4.79 Å². The van der Waals surface area contributed by atoms with Crippen molar-refractivity contribution in [3.63, 3.8) is 0 Å². The number of carbonyl (C=O) groups is 1. The molecule has 0 radical (unpaired) electrons. The van der Waals surface area contributed by atoms with Gasteiger partial charge in [0.2, 0.25) is 0 Å². The molecule has 0 aliphatic carbocycles. The maximum absolute atomic E-state index is 10.7. The smallest absolute Gasteiger partial charge is 0.336 e. The Labute approximate surface area is 66.0 Å². The average molecular weight is 156 g/mol. The summed E-state index contributed by atoms with van der Waals surface area (Å²) in [5.41, 5.74) is 0.486. The lowest BCUT2D eigenvalue weighted by Gasteiger charge is -2.10. The molecular weight excluding hydrogens is 144 g/mol. The Morgan fingerprint density at radius 3 is 2.27 bits per heavy atom. The minimum absolute atomic E-state index is 0.0139. The second-order valence-corrected chi connectivity index (χ2v) is 2.27. The summed E-state index contributed by atoms with van der Waals surface area (Å²) in [6.07, 6.45) is -0.998. The van der Waals surface area contributed by atoms with Gasteiger partial charge in [-0.05, 0) is 12.5 Å². The molecular formula is C8H12O3. The maximum Gasteiger partial charge on any atom is 0.336 e. The molecule has 1 unspecified atom stereocenters. The molecule has 0 aromatic carbocycles. The largest absolute Gasteiger partial charge is 0.466 e. The van der Waals surface area contributed by atoms with Crippen LogP contribution in [0.15, 0.2) is 24.3 Å². The maximum atomic E-state index is 10.7. The van der Waals surface area contributed by atoms with Crippen molar-refractivity contribution in [2.45, 2.75) is 13.0 Å². The monoisotopic (exact) mass is 156 g/mol. The van der Waals surface area contributed by atoms with Crippen molar-refractivity contribution in [1.82, 2.24) is 0 Å². The minimum Gasteiger partial charge on any atom is -0.466 e. The van der Waals surface area contributed by atoms with E-state index in [4.69, 9.17) is 0 Å². The average Bonchev–Trinajstić information content (AvgIpc) is 2.00. The third-order valence-corrected chi connectivity index (χ3v) is 1.24. The fraction of sp³-hybridized carbons (Fsp3) is 0.375. The van der Waals surface area contributed by atoms with Crippen molar-refractivity contribution in [3.05, 3.63) is 24.3 Å². The van der Waals surface area contributed by atoms with Crippen LogP contribution in [-0.2, 0) is 9.53 Å². The quantitative estimate of drug-likeness (QED) is 0.371. The Kier molecular flexibility index (Phi) is 3.54. The molecule has 3 nitrogen and oxygen atoms in total. The van der Waals surface area contributed by atoms with Crippen LogP contribution in [0.4, 0.5) is 0 Å². The van der Waals surface area contributed by atoms with E-state index < -0.39 is 12.1 Å². The standard InChI is InChI=1S/C8H12O3/c1-5(2)7(9)6(3)8(10)11-4/h7,9H,1,3H2,2,4H3. The van der Waals surface area contributed by atoms with E-state index in [1.165, 1.54) is 7.11 Å². The lowest BCUT2D eigenvalue weighted by molar-refractivity contribution is -0.137. The number of aliphatic hydroxyl groups is 1. The van der Waals surface area contributed by atoms with Gasteiger partial charge >= 0.3 is 5.97 Å². The molecule has 0 heterocycles. The highest BCUT2D eigenvalue weighted by molar-refractivity contribution is 5.89. The highest BCUT2D eigenvalue weighted by Crippen LogP contribution is 2.08. The summed E-state index contributed by atoms with van der Waals surface area (Å²) in [5.74, 6) is -0.611. The lowest BCUT2D eigenvalue weighted by atomic mass is 10.1. The summed E-state index contributed by atoms with van der Waals surface area (Å²) in [7, 11) is 1.23. The Morgan fingerprint density at radius 2 is 2.00 bits per heavy atom. The summed E-state index contributed by atoms with van der Waals surface area (Å²) < 4.78 is 4.34. The van der Waals surface area contributed by atoms with E-state index in [1.54, 1.807) is 6.92 Å². The molecule has 0 spiro atoms. The lowest BCUT2D eigenvalue weighted by Crippen LogP contribution is -2.18. The number of ether oxygens (including phenoxy) is 1. The van der Waals surface area contributed by atoms with E-state index in [9.17, 15) is 9.90 Å². The number of carbonyl (C=O) groups excluding carboxylic acids is 1. The molecule has 0 aromatic heterocycles. The van der Waals surface area contributed by atoms with Gasteiger partial charge in [-0.3, -0.25) is 0 Å². The first kappa shape index (κ1) is 9.91. The van der Waals surface area contributed by atoms with Crippen LogP contribution in [0.2, 0.25) is 0 Å². The van der Waals surface area contributed by atoms with Crippen LogP contribution in [0, 0.1) is 0 Å². The Hall–Kier alpha value is -1.09. The summed E-state index contributed by atoms with van der Waals surface area (Å²) >= 11 is 0. The molecule has 62 valence electrons. The molecule has 0 fully saturated rings. The van der Waals surface area contributed by atoms with Crippen LogP contribution in [-0.4, -0.2) is 24.3 Å². The third kappa shape index (κ3) is 2.55. The van der Waals surface area contributed by atoms with Crippen LogP contribution in [0.25, 0.3) is 0 Å². The first-order valence-corrected chi connectivity index (χ1v) is 3.11. The van der Waals surface area contributed by atoms with E-state index >= 15 is 0 Å². The molecule has 0 aliphatic rings. The summed E-state index contributed by atoms with van der Waals surface area (Å²) in [5, 5.41) is 9.20. The molecule has 0 aromatic rings. The SMILES string of the molecule is C=C(C)C(O)C(=C)C(=O)OC. The normalized spacial score (nSPS) is 11.9. The number of hydrogen-bond donors (Lipinski definition) is 1. The van der Waals surface area contributed by atoms with Crippen LogP contribution in [0.1, 0.15) is 6.92 Å². The van der Waals surface area contributed by atoms with Gasteiger partial charge in [0.1, 0.15) is 6.10 Å². The van der Waals surface area contributed by atoms with Crippen molar-refractivity contribution in [1.29, 1.82) is 0 Å². The molecule has 1 atom stereocenters. The topological polar surface area (TPSA) is 46.5 Å². The van der Waals surface area contributed by atoms with Crippen molar-refractivity contribution in [2.24, 2.45) is 0 Å². The van der Waals surface area contributed by atoms with Gasteiger partial charge in [0.05, 0.1) is 12.7 Å². The van der Waals surface area contributed by atoms with Crippen molar-refractivity contribution >= 4 is 5.97 Å². The van der Waals surface area contributed by atoms with Crippen LogP contribution < -0.4 is 0 Å². The Morgan fingerprint density at radius 1 is 1.55 bits per heavy atom. The molecule has 11 heavy (non-hydrogen) atoms. The van der Waals surface area contributed by atoms with Crippen molar-refractivity contribution in [3.8, 4) is 0 Å². The zero-order valence-corrected chi connectivity index (χ0v) is 6.76. The first-order chi connectivity index (χ1) is 5.00. The Bertz CT molecular complexity index is 194. The molecule has 3 heteroatoms. The van der Waals surface area contributed by atoms with Gasteiger partial charge in [-0.15, -0.1) is 0 Å². The minimum atomic E-state index is -0.998. The summed E-state index contributed by atoms with van der Waals surface area (Å²) in [6, 6.07) is 0. The summed E-state index contributed by atoms with van der Waals surface area (Å²) in [4.78, 5) is 10.7. The molecule has 0 aliphatic heterocycles. The number of hydrogen-bond acceptors (Lipinski definition) is 3. The predicted molar refractivity (Wildman–Crippen MR) is 42.0 cm³/mol. The first-order valence-electron chi connectivity index (χ1n) is 3.11. The fourth-order valence-electron chi connectivity index (χ4n) is 0.540. The van der Waals surface area contributed by atoms with E-state index in [0.717, 1.165) is 0 Å². The summed E-state index contributed by atoms with van der Waals surface area (Å²) in [6.45, 7) is 8.45. The van der Waals surface area contributed by atoms with Crippen molar-refractivity contribution in [2.75, 3.05) is 7.11 Å². The van der Waals surface area contributed by atoms with Crippen LogP contribution in [0.5, 0.6) is 0 Å². The van der Waals surface area contributed by atoms with E-state index in [0.29, 0.717) is 5.57 Å². The molecule has 1 N–H and O–H groups in total. The molecule has 0 saturated carbocycles. The van der Waals surface area contributed by atoms with E-state index in [-0.39, 0.29) is 5.57 Å². The number of methoxy groups -OCH3 is 1. The molecule has 0 amide bonds. The van der Waals surface area contributed by atoms with Gasteiger partial charge in [0.25, 0.3) is 0 Å². The van der Waals surface area contributed by atoms with E-state index in [1.807, 2.05) is 0 Å². The number of rotatable bonds is 3. The molecule has 0 rings (SSSR count). The van der Waals surface area contributed by atoms with Crippen LogP contribution >= 0.6 is 0 Å². The van der Waals surface area contributed by atoms with Gasteiger partial charge < -0.3 is 9.84 Å². The molecule has 0 saturated heterocycles. The zero-order valence-electron chi connectivity index (χ0n) is 6.76. The fourth-order valence-corrected chi connectivity index (χ4v) is 0.540. The molecule has 0 bridgehead atoms. The van der Waals surface area contributed by atoms with E-state index in [2.05, 4.69) is 17.9 Å². The van der Waals surface area contributed by atoms with Crippen molar-refractivity contribution < 1.29 is 14.6 Å². The van der Waals surface area contributed by atoms with Gasteiger partial charge in [-0.1, -0.05) is 13.2 Å². The van der Waals surface area contributed by atoms with Gasteiger partial charge in [-0.2, -0.15) is 0 Å². The second-order valence-electron chi connectivity index (χ2n) is 2.27. The zero-order chi connectivity index (χ0) is 9.02. The number of aliphatic hydroxyl groups excluding tert-OH is 1. The Balaban J connectivity index is 4.25. The second kappa shape index (κ2) is 3.93. The highest BCUT2D eigenvalue weighted by atomic mass is 16.5. The third-order valence-electron chi connectivity index (χ3n) is 1.24. The van der Waals surface area contributed by atoms with Crippen LogP contribution in [0.3, 0.4) is 0 Å².